The third-order valence-electron chi connectivity index (χ3n) is 2.65. The first-order valence-corrected chi connectivity index (χ1v) is 5.53. The molecule has 1 aliphatic heterocycles. The Labute approximate surface area is 104 Å². The highest BCUT2D eigenvalue weighted by Crippen LogP contribution is 2.14. The van der Waals surface area contributed by atoms with E-state index in [1.54, 1.807) is 7.11 Å². The van der Waals surface area contributed by atoms with Gasteiger partial charge in [0, 0.05) is 15.8 Å². The summed E-state index contributed by atoms with van der Waals surface area (Å²) in [7, 11) is 1.60. The van der Waals surface area contributed by atoms with Crippen LogP contribution in [0.25, 0.3) is 0 Å². The largest absolute Gasteiger partial charge is 0.497 e. The molecule has 0 aromatic heterocycles. The standard InChI is InChI=1S/C13H17NO3/c1-16-12-4-2-11(3-5-12)10-14-7-9-17-8-6-13(14)15/h2-5H,6-10H2,1H3/i6D2. The molecule has 0 N–H and O–H groups in total. The van der Waals surface area contributed by atoms with Gasteiger partial charge >= 0.3 is 0 Å². The second-order valence-electron chi connectivity index (χ2n) is 3.80. The first kappa shape index (κ1) is 9.48. The minimum absolute atomic E-state index is 0.176. The van der Waals surface area contributed by atoms with Gasteiger partial charge in [-0.3, -0.25) is 4.79 Å². The zero-order valence-corrected chi connectivity index (χ0v) is 9.81. The van der Waals surface area contributed by atoms with Crippen molar-refractivity contribution in [3.63, 3.8) is 0 Å². The van der Waals surface area contributed by atoms with Crippen molar-refractivity contribution < 1.29 is 17.0 Å². The Hall–Kier alpha value is -1.55. The van der Waals surface area contributed by atoms with E-state index in [0.717, 1.165) is 11.3 Å². The second-order valence-corrected chi connectivity index (χ2v) is 3.80. The smallest absolute Gasteiger partial charge is 0.225 e. The second kappa shape index (κ2) is 5.68. The lowest BCUT2D eigenvalue weighted by atomic mass is 10.2. The number of ether oxygens (including phenoxy) is 2. The van der Waals surface area contributed by atoms with Crippen LogP contribution in [0.2, 0.25) is 0 Å². The third kappa shape index (κ3) is 3.20. The van der Waals surface area contributed by atoms with E-state index in [0.29, 0.717) is 19.7 Å². The van der Waals surface area contributed by atoms with Crippen LogP contribution in [-0.2, 0) is 16.1 Å². The fourth-order valence-electron chi connectivity index (χ4n) is 1.68. The fraction of sp³-hybridized carbons (Fsp3) is 0.462. The molecule has 1 aromatic rings. The fourth-order valence-corrected chi connectivity index (χ4v) is 1.68. The molecule has 1 aromatic carbocycles. The van der Waals surface area contributed by atoms with Crippen molar-refractivity contribution in [2.75, 3.05) is 26.9 Å². The maximum atomic E-state index is 12.0. The van der Waals surface area contributed by atoms with Crippen molar-refractivity contribution in [1.82, 2.24) is 4.90 Å². The highest BCUT2D eigenvalue weighted by atomic mass is 16.5. The highest BCUT2D eigenvalue weighted by molar-refractivity contribution is 5.76. The predicted octanol–water partition coefficient (Wildman–Crippen LogP) is 1.44. The van der Waals surface area contributed by atoms with Crippen molar-refractivity contribution in [1.29, 1.82) is 0 Å². The molecule has 2 rings (SSSR count). The molecule has 92 valence electrons. The van der Waals surface area contributed by atoms with Gasteiger partial charge in [0.15, 0.2) is 0 Å². The van der Waals surface area contributed by atoms with Crippen LogP contribution in [-0.4, -0.2) is 37.7 Å². The van der Waals surface area contributed by atoms with Gasteiger partial charge in [0.25, 0.3) is 0 Å². The van der Waals surface area contributed by atoms with Crippen LogP contribution < -0.4 is 4.74 Å². The highest BCUT2D eigenvalue weighted by Gasteiger charge is 2.16. The molecular weight excluding hydrogens is 218 g/mol. The Bertz CT molecular complexity index is 448. The Morgan fingerprint density at radius 1 is 1.41 bits per heavy atom. The van der Waals surface area contributed by atoms with Gasteiger partial charge in [-0.15, -0.1) is 0 Å². The summed E-state index contributed by atoms with van der Waals surface area (Å²) in [6.07, 6.45) is -1.94. The van der Waals surface area contributed by atoms with Gasteiger partial charge in [-0.1, -0.05) is 12.1 Å². The molecule has 4 nitrogen and oxygen atoms in total. The summed E-state index contributed by atoms with van der Waals surface area (Å²) in [4.78, 5) is 13.5. The van der Waals surface area contributed by atoms with Gasteiger partial charge in [0.05, 0.1) is 26.7 Å². The molecule has 0 radical (unpaired) electrons. The molecule has 1 heterocycles. The molecule has 1 aliphatic rings. The van der Waals surface area contributed by atoms with Crippen molar-refractivity contribution >= 4 is 5.91 Å². The lowest BCUT2D eigenvalue weighted by Crippen LogP contribution is -2.31. The Morgan fingerprint density at radius 3 is 2.88 bits per heavy atom. The summed E-state index contributed by atoms with van der Waals surface area (Å²) < 4.78 is 25.5. The van der Waals surface area contributed by atoms with E-state index in [9.17, 15) is 4.79 Å². The van der Waals surface area contributed by atoms with Gasteiger partial charge in [-0.2, -0.15) is 0 Å². The first-order valence-electron chi connectivity index (χ1n) is 6.53. The lowest BCUT2D eigenvalue weighted by molar-refractivity contribution is -0.131. The zero-order valence-electron chi connectivity index (χ0n) is 11.8. The average molecular weight is 237 g/mol. The Kier molecular flexibility index (Phi) is 3.17. The van der Waals surface area contributed by atoms with Gasteiger partial charge in [-0.05, 0) is 17.7 Å². The number of nitrogens with zero attached hydrogens (tertiary/aromatic N) is 1. The number of carbonyl (C=O) groups is 1. The number of carbonyl (C=O) groups excluding carboxylic acids is 1. The maximum Gasteiger partial charge on any atom is 0.225 e. The quantitative estimate of drug-likeness (QED) is 0.798. The molecule has 0 saturated carbocycles. The summed E-state index contributed by atoms with van der Waals surface area (Å²) in [5.41, 5.74) is 0.937. The SMILES string of the molecule is [2H]C1([2H])COCCN(Cc2ccc(OC)cc2)C1=O. The van der Waals surface area contributed by atoms with Crippen LogP contribution in [0.4, 0.5) is 0 Å². The maximum absolute atomic E-state index is 12.0. The minimum Gasteiger partial charge on any atom is -0.497 e. The van der Waals surface area contributed by atoms with Crippen LogP contribution in [0, 0.1) is 0 Å². The van der Waals surface area contributed by atoms with E-state index in [2.05, 4.69) is 0 Å². The van der Waals surface area contributed by atoms with Gasteiger partial charge in [0.2, 0.25) is 5.91 Å². The molecule has 0 aliphatic carbocycles. The van der Waals surface area contributed by atoms with Crippen molar-refractivity contribution in [3.8, 4) is 5.75 Å². The van der Waals surface area contributed by atoms with Gasteiger partial charge < -0.3 is 14.4 Å². The molecule has 1 amide bonds. The Morgan fingerprint density at radius 2 is 2.18 bits per heavy atom. The molecule has 17 heavy (non-hydrogen) atoms. The number of rotatable bonds is 3. The van der Waals surface area contributed by atoms with Crippen LogP contribution in [0.15, 0.2) is 24.3 Å². The molecule has 1 saturated heterocycles. The topological polar surface area (TPSA) is 38.8 Å². The number of benzene rings is 1. The molecule has 0 spiro atoms. The molecule has 0 atom stereocenters. The van der Waals surface area contributed by atoms with Gasteiger partial charge in [0.1, 0.15) is 5.75 Å². The number of methoxy groups -OCH3 is 1. The Balaban J connectivity index is 2.09. The number of hydrogen-bond acceptors (Lipinski definition) is 3. The first-order chi connectivity index (χ1) is 9.03. The zero-order chi connectivity index (χ0) is 13.9. The number of hydrogen-bond donors (Lipinski definition) is 0. The molecule has 0 unspecified atom stereocenters. The average Bonchev–Trinajstić information content (AvgIpc) is 2.53. The summed E-state index contributed by atoms with van der Waals surface area (Å²) in [5.74, 6) is 0.241. The summed E-state index contributed by atoms with van der Waals surface area (Å²) in [6, 6.07) is 7.38. The molecule has 0 bridgehead atoms. The van der Waals surface area contributed by atoms with E-state index in [4.69, 9.17) is 12.2 Å². The van der Waals surface area contributed by atoms with Crippen LogP contribution in [0.5, 0.6) is 5.75 Å². The minimum atomic E-state index is -1.94. The van der Waals surface area contributed by atoms with Crippen LogP contribution >= 0.6 is 0 Å². The van der Waals surface area contributed by atoms with E-state index < -0.39 is 12.3 Å². The molecule has 4 heteroatoms. The van der Waals surface area contributed by atoms with Crippen molar-refractivity contribution in [2.45, 2.75) is 12.9 Å². The molecular formula is C13H17NO3. The lowest BCUT2D eigenvalue weighted by Gasteiger charge is -2.19. The van der Waals surface area contributed by atoms with Crippen LogP contribution in [0.3, 0.4) is 0 Å². The van der Waals surface area contributed by atoms with E-state index >= 15 is 0 Å². The van der Waals surface area contributed by atoms with Crippen molar-refractivity contribution in [2.24, 2.45) is 0 Å². The monoisotopic (exact) mass is 237 g/mol. The molecule has 1 fully saturated rings. The predicted molar refractivity (Wildman–Crippen MR) is 63.8 cm³/mol. The summed E-state index contributed by atoms with van der Waals surface area (Å²) in [5, 5.41) is 0. The van der Waals surface area contributed by atoms with E-state index in [1.165, 1.54) is 4.90 Å². The summed E-state index contributed by atoms with van der Waals surface area (Å²) >= 11 is 0. The number of amides is 1. The van der Waals surface area contributed by atoms with Crippen LogP contribution in [0.1, 0.15) is 14.7 Å². The van der Waals surface area contributed by atoms with E-state index in [1.807, 2.05) is 24.3 Å². The van der Waals surface area contributed by atoms with Crippen molar-refractivity contribution in [3.05, 3.63) is 29.8 Å². The summed E-state index contributed by atoms with van der Waals surface area (Å²) in [6.45, 7) is 0.975. The normalized spacial score (nSPS) is 21.5. The van der Waals surface area contributed by atoms with Gasteiger partial charge in [-0.25, -0.2) is 0 Å². The third-order valence-corrected chi connectivity index (χ3v) is 2.65. The van der Waals surface area contributed by atoms with E-state index in [-0.39, 0.29) is 6.61 Å².